The van der Waals surface area contributed by atoms with Crippen LogP contribution < -0.4 is 10.6 Å². The minimum atomic E-state index is 0.664. The van der Waals surface area contributed by atoms with E-state index in [2.05, 4.69) is 32.5 Å². The van der Waals surface area contributed by atoms with Crippen LogP contribution in [0.3, 0.4) is 0 Å². The zero-order chi connectivity index (χ0) is 14.4. The maximum atomic E-state index is 4.39. The number of anilines is 2. The van der Waals surface area contributed by atoms with Gasteiger partial charge in [0.25, 0.3) is 0 Å². The number of nitrogens with one attached hydrogen (secondary N) is 2. The average molecular weight is 277 g/mol. The summed E-state index contributed by atoms with van der Waals surface area (Å²) in [6.07, 6.45) is 6.74. The van der Waals surface area contributed by atoms with E-state index >= 15 is 0 Å². The molecule has 5 nitrogen and oxygen atoms in total. The van der Waals surface area contributed by atoms with Crippen molar-refractivity contribution in [3.8, 4) is 0 Å². The van der Waals surface area contributed by atoms with E-state index in [4.69, 9.17) is 0 Å². The molecule has 0 unspecified atom stereocenters. The summed E-state index contributed by atoms with van der Waals surface area (Å²) in [4.78, 5) is 13.0. The fraction of sp³-hybridized carbons (Fsp3) is 0.800. The zero-order valence-corrected chi connectivity index (χ0v) is 12.9. The van der Waals surface area contributed by atoms with Gasteiger partial charge < -0.3 is 10.6 Å². The second-order valence-electron chi connectivity index (χ2n) is 5.74. The summed E-state index contributed by atoms with van der Waals surface area (Å²) in [5, 5.41) is 6.52. The third-order valence-corrected chi connectivity index (χ3v) is 4.17. The van der Waals surface area contributed by atoms with Gasteiger partial charge in [0.15, 0.2) is 0 Å². The molecule has 5 heteroatoms. The smallest absolute Gasteiger partial charge is 0.227 e. The minimum Gasteiger partial charge on any atom is -0.354 e. The highest BCUT2D eigenvalue weighted by atomic mass is 15.2. The van der Waals surface area contributed by atoms with Gasteiger partial charge >= 0.3 is 0 Å². The van der Waals surface area contributed by atoms with Crippen molar-refractivity contribution in [1.82, 2.24) is 15.0 Å². The summed E-state index contributed by atoms with van der Waals surface area (Å²) in [5.74, 6) is 3.83. The van der Waals surface area contributed by atoms with Crippen molar-refractivity contribution < 1.29 is 0 Å². The zero-order valence-electron chi connectivity index (χ0n) is 12.9. The Balaban J connectivity index is 1.84. The van der Waals surface area contributed by atoms with Gasteiger partial charge in [-0.1, -0.05) is 26.2 Å². The Bertz CT molecular complexity index is 413. The highest BCUT2D eigenvalue weighted by Crippen LogP contribution is 2.30. The summed E-state index contributed by atoms with van der Waals surface area (Å²) in [7, 11) is 0. The highest BCUT2D eigenvalue weighted by molar-refractivity contribution is 5.34. The van der Waals surface area contributed by atoms with Crippen molar-refractivity contribution in [2.24, 2.45) is 11.8 Å². The Hall–Kier alpha value is -1.39. The number of hydrogen-bond donors (Lipinski definition) is 2. The van der Waals surface area contributed by atoms with Crippen LogP contribution in [0.2, 0.25) is 0 Å². The summed E-state index contributed by atoms with van der Waals surface area (Å²) in [5.41, 5.74) is 0. The first-order valence-electron chi connectivity index (χ1n) is 7.91. The molecular weight excluding hydrogens is 250 g/mol. The van der Waals surface area contributed by atoms with Crippen LogP contribution in [0.15, 0.2) is 0 Å². The molecule has 0 aromatic carbocycles. The Morgan fingerprint density at radius 2 is 1.50 bits per heavy atom. The van der Waals surface area contributed by atoms with Crippen LogP contribution in [0.4, 0.5) is 11.9 Å². The quantitative estimate of drug-likeness (QED) is 0.835. The lowest BCUT2D eigenvalue weighted by Crippen LogP contribution is -2.22. The van der Waals surface area contributed by atoms with Crippen molar-refractivity contribution >= 4 is 11.9 Å². The molecule has 0 spiro atoms. The van der Waals surface area contributed by atoms with E-state index in [1.54, 1.807) is 0 Å². The van der Waals surface area contributed by atoms with Gasteiger partial charge in [-0.3, -0.25) is 0 Å². The Morgan fingerprint density at radius 3 is 2.10 bits per heavy atom. The van der Waals surface area contributed by atoms with Crippen LogP contribution in [0.1, 0.15) is 51.8 Å². The summed E-state index contributed by atoms with van der Waals surface area (Å²) in [6, 6.07) is 0. The summed E-state index contributed by atoms with van der Waals surface area (Å²) < 4.78 is 0. The van der Waals surface area contributed by atoms with Gasteiger partial charge in [0.2, 0.25) is 11.9 Å². The molecule has 1 heterocycles. The van der Waals surface area contributed by atoms with E-state index in [9.17, 15) is 0 Å². The first kappa shape index (κ1) is 15.0. The van der Waals surface area contributed by atoms with Gasteiger partial charge in [-0.25, -0.2) is 0 Å². The van der Waals surface area contributed by atoms with Crippen molar-refractivity contribution in [1.29, 1.82) is 0 Å². The Kier molecular flexibility index (Phi) is 5.56. The standard InChI is InChI=1S/C15H27N5/c1-4-12-6-8-13(9-7-12)10-17-15-19-11(3)18-14(20-15)16-5-2/h12-13H,4-10H2,1-3H3,(H2,16,17,18,19,20). The predicted octanol–water partition coefficient (Wildman–Crippen LogP) is 3.24. The van der Waals surface area contributed by atoms with Crippen molar-refractivity contribution in [2.45, 2.75) is 52.9 Å². The summed E-state index contributed by atoms with van der Waals surface area (Å²) >= 11 is 0. The van der Waals surface area contributed by atoms with E-state index in [1.807, 2.05) is 13.8 Å². The number of aromatic nitrogens is 3. The fourth-order valence-electron chi connectivity index (χ4n) is 2.88. The number of hydrogen-bond acceptors (Lipinski definition) is 5. The third-order valence-electron chi connectivity index (χ3n) is 4.17. The molecule has 20 heavy (non-hydrogen) atoms. The predicted molar refractivity (Wildman–Crippen MR) is 83.0 cm³/mol. The first-order valence-corrected chi connectivity index (χ1v) is 7.91. The molecule has 2 N–H and O–H groups in total. The van der Waals surface area contributed by atoms with Crippen LogP contribution in [-0.4, -0.2) is 28.0 Å². The van der Waals surface area contributed by atoms with Gasteiger partial charge in [0.05, 0.1) is 0 Å². The molecular formula is C15H27N5. The van der Waals surface area contributed by atoms with E-state index < -0.39 is 0 Å². The van der Waals surface area contributed by atoms with Crippen molar-refractivity contribution in [3.05, 3.63) is 5.82 Å². The molecule has 0 radical (unpaired) electrons. The maximum Gasteiger partial charge on any atom is 0.227 e. The lowest BCUT2D eigenvalue weighted by atomic mass is 9.81. The topological polar surface area (TPSA) is 62.7 Å². The van der Waals surface area contributed by atoms with E-state index in [0.29, 0.717) is 11.9 Å². The third kappa shape index (κ3) is 4.32. The first-order chi connectivity index (χ1) is 9.71. The Morgan fingerprint density at radius 1 is 0.900 bits per heavy atom. The van der Waals surface area contributed by atoms with Gasteiger partial charge in [-0.15, -0.1) is 0 Å². The van der Waals surface area contributed by atoms with Crippen molar-refractivity contribution in [2.75, 3.05) is 23.7 Å². The van der Waals surface area contributed by atoms with Crippen molar-refractivity contribution in [3.63, 3.8) is 0 Å². The molecule has 112 valence electrons. The molecule has 1 aromatic rings. The molecule has 0 atom stereocenters. The molecule has 1 saturated carbocycles. The lowest BCUT2D eigenvalue weighted by Gasteiger charge is -2.27. The molecule has 2 rings (SSSR count). The molecule has 0 bridgehead atoms. The van der Waals surface area contributed by atoms with Gasteiger partial charge in [-0.05, 0) is 38.5 Å². The number of rotatable bonds is 6. The minimum absolute atomic E-state index is 0.664. The van der Waals surface area contributed by atoms with Crippen LogP contribution >= 0.6 is 0 Å². The molecule has 0 saturated heterocycles. The van der Waals surface area contributed by atoms with Crippen LogP contribution in [0.5, 0.6) is 0 Å². The normalized spacial score (nSPS) is 22.6. The Labute approximate surface area is 122 Å². The maximum absolute atomic E-state index is 4.39. The van der Waals surface area contributed by atoms with Gasteiger partial charge in [-0.2, -0.15) is 15.0 Å². The second-order valence-corrected chi connectivity index (χ2v) is 5.74. The van der Waals surface area contributed by atoms with Crippen LogP contribution in [0.25, 0.3) is 0 Å². The molecule has 1 fully saturated rings. The monoisotopic (exact) mass is 277 g/mol. The largest absolute Gasteiger partial charge is 0.354 e. The second kappa shape index (κ2) is 7.41. The van der Waals surface area contributed by atoms with Crippen LogP contribution in [0, 0.1) is 18.8 Å². The number of aryl methyl sites for hydroxylation is 1. The molecule has 0 aliphatic heterocycles. The fourth-order valence-corrected chi connectivity index (χ4v) is 2.88. The van der Waals surface area contributed by atoms with Gasteiger partial charge in [0, 0.05) is 13.1 Å². The number of nitrogens with zero attached hydrogens (tertiary/aromatic N) is 3. The lowest BCUT2D eigenvalue weighted by molar-refractivity contribution is 0.278. The summed E-state index contributed by atoms with van der Waals surface area (Å²) in [6.45, 7) is 8.05. The van der Waals surface area contributed by atoms with Crippen LogP contribution in [-0.2, 0) is 0 Å². The molecule has 1 aromatic heterocycles. The van der Waals surface area contributed by atoms with E-state index in [1.165, 1.54) is 32.1 Å². The van der Waals surface area contributed by atoms with Gasteiger partial charge in [0.1, 0.15) is 5.82 Å². The molecule has 0 amide bonds. The SMILES string of the molecule is CCNc1nc(C)nc(NCC2CCC(CC)CC2)n1. The average Bonchev–Trinajstić information content (AvgIpc) is 2.45. The molecule has 1 aliphatic carbocycles. The highest BCUT2D eigenvalue weighted by Gasteiger charge is 2.19. The van der Waals surface area contributed by atoms with E-state index in [-0.39, 0.29) is 0 Å². The molecule has 1 aliphatic rings. The van der Waals surface area contributed by atoms with E-state index in [0.717, 1.165) is 30.7 Å².